The van der Waals surface area contributed by atoms with E-state index < -0.39 is 5.97 Å². The number of nitrogen functional groups attached to an aromatic ring is 1. The Labute approximate surface area is 149 Å². The normalized spacial score (nSPS) is 10.6. The van der Waals surface area contributed by atoms with Crippen molar-refractivity contribution in [3.8, 4) is 16.8 Å². The smallest absolute Gasteiger partial charge is 0.332 e. The Morgan fingerprint density at radius 3 is 2.12 bits per heavy atom. The Morgan fingerprint density at radius 1 is 1.00 bits per heavy atom. The number of nitrogens with one attached hydrogen (secondary N) is 1. The number of hydrogen-bond donors (Lipinski definition) is 3. The molecular formula is C19H18N4O3. The minimum Gasteiger partial charge on any atom is -0.481 e. The van der Waals surface area contributed by atoms with Crippen LogP contribution < -0.4 is 11.4 Å². The summed E-state index contributed by atoms with van der Waals surface area (Å²) in [7, 11) is 0. The third kappa shape index (κ3) is 3.56. The van der Waals surface area contributed by atoms with E-state index in [1.165, 1.54) is 9.13 Å². The van der Waals surface area contributed by atoms with Crippen LogP contribution in [0.25, 0.3) is 16.8 Å². The van der Waals surface area contributed by atoms with Gasteiger partial charge in [0.25, 0.3) is 0 Å². The Balaban J connectivity index is 1.82. The number of carboxylic acids is 1. The van der Waals surface area contributed by atoms with E-state index in [0.29, 0.717) is 11.3 Å². The standard InChI is InChI=1S/C19H18N4O3/c20-18(21)15-3-1-13(2-4-15)14-5-7-16(8-6-14)23-12-11-22(19(23)26)10-9-17(24)25/h1-8,11-12H,9-10H2,(H3,20,21)(H,24,25). The van der Waals surface area contributed by atoms with Gasteiger partial charge in [0, 0.05) is 24.5 Å². The number of amidine groups is 1. The van der Waals surface area contributed by atoms with Gasteiger partial charge in [-0.1, -0.05) is 36.4 Å². The van der Waals surface area contributed by atoms with Crippen molar-refractivity contribution in [1.82, 2.24) is 9.13 Å². The first kappa shape index (κ1) is 17.2. The first-order valence-corrected chi connectivity index (χ1v) is 8.00. The van der Waals surface area contributed by atoms with Crippen molar-refractivity contribution in [2.45, 2.75) is 13.0 Å². The number of carboxylic acid groups (broad SMARTS) is 1. The molecule has 7 nitrogen and oxygen atoms in total. The first-order chi connectivity index (χ1) is 12.5. The lowest BCUT2D eigenvalue weighted by atomic mass is 10.0. The van der Waals surface area contributed by atoms with Crippen molar-refractivity contribution < 1.29 is 9.90 Å². The number of aryl methyl sites for hydroxylation is 1. The van der Waals surface area contributed by atoms with E-state index in [2.05, 4.69) is 0 Å². The first-order valence-electron chi connectivity index (χ1n) is 8.00. The van der Waals surface area contributed by atoms with Crippen LogP contribution >= 0.6 is 0 Å². The number of carbonyl (C=O) groups is 1. The summed E-state index contributed by atoms with van der Waals surface area (Å²) in [5.41, 5.74) is 8.51. The minimum absolute atomic E-state index is 0.0266. The largest absolute Gasteiger partial charge is 0.481 e. The summed E-state index contributed by atoms with van der Waals surface area (Å²) in [6.45, 7) is 0.141. The molecule has 0 fully saturated rings. The number of nitrogens with zero attached hydrogens (tertiary/aromatic N) is 2. The van der Waals surface area contributed by atoms with Gasteiger partial charge in [0.2, 0.25) is 0 Å². The number of aliphatic carboxylic acids is 1. The molecule has 0 radical (unpaired) electrons. The second-order valence-corrected chi connectivity index (χ2v) is 5.83. The highest BCUT2D eigenvalue weighted by molar-refractivity contribution is 5.95. The number of benzene rings is 2. The van der Waals surface area contributed by atoms with Gasteiger partial charge < -0.3 is 10.8 Å². The number of hydrogen-bond acceptors (Lipinski definition) is 3. The van der Waals surface area contributed by atoms with Crippen LogP contribution in [0.1, 0.15) is 12.0 Å². The zero-order chi connectivity index (χ0) is 18.7. The lowest BCUT2D eigenvalue weighted by Crippen LogP contribution is -2.23. The zero-order valence-electron chi connectivity index (χ0n) is 13.9. The van der Waals surface area contributed by atoms with Crippen LogP contribution in [0.5, 0.6) is 0 Å². The van der Waals surface area contributed by atoms with E-state index in [0.717, 1.165) is 11.1 Å². The van der Waals surface area contributed by atoms with Crippen molar-refractivity contribution in [3.63, 3.8) is 0 Å². The second-order valence-electron chi connectivity index (χ2n) is 5.83. The van der Waals surface area contributed by atoms with Crippen molar-refractivity contribution in [2.24, 2.45) is 5.73 Å². The fraction of sp³-hybridized carbons (Fsp3) is 0.105. The van der Waals surface area contributed by atoms with Crippen LogP contribution in [-0.2, 0) is 11.3 Å². The highest BCUT2D eigenvalue weighted by Gasteiger charge is 2.07. The monoisotopic (exact) mass is 350 g/mol. The van der Waals surface area contributed by atoms with Gasteiger partial charge in [-0.15, -0.1) is 0 Å². The summed E-state index contributed by atoms with van der Waals surface area (Å²) in [6.07, 6.45) is 3.11. The van der Waals surface area contributed by atoms with Crippen molar-refractivity contribution in [1.29, 1.82) is 5.41 Å². The predicted octanol–water partition coefficient (Wildman–Crippen LogP) is 2.06. The van der Waals surface area contributed by atoms with Crippen LogP contribution in [0, 0.1) is 5.41 Å². The maximum absolute atomic E-state index is 12.3. The molecule has 26 heavy (non-hydrogen) atoms. The highest BCUT2D eigenvalue weighted by Crippen LogP contribution is 2.21. The molecule has 0 spiro atoms. The van der Waals surface area contributed by atoms with Gasteiger partial charge >= 0.3 is 11.7 Å². The Hall–Kier alpha value is -3.61. The second kappa shape index (κ2) is 7.10. The summed E-state index contributed by atoms with van der Waals surface area (Å²) in [5, 5.41) is 16.2. The molecule has 2 aromatic carbocycles. The molecule has 0 saturated carbocycles. The summed E-state index contributed by atoms with van der Waals surface area (Å²) >= 11 is 0. The maximum atomic E-state index is 12.3. The SMILES string of the molecule is N=C(N)c1ccc(-c2ccc(-n3ccn(CCC(=O)O)c3=O)cc2)cc1. The molecule has 4 N–H and O–H groups in total. The van der Waals surface area contributed by atoms with E-state index in [4.69, 9.17) is 16.2 Å². The molecule has 0 bridgehead atoms. The van der Waals surface area contributed by atoms with E-state index in [1.54, 1.807) is 24.5 Å². The van der Waals surface area contributed by atoms with Crippen molar-refractivity contribution in [3.05, 3.63) is 77.0 Å². The molecule has 3 rings (SSSR count). The molecule has 0 aliphatic rings. The van der Waals surface area contributed by atoms with Gasteiger partial charge in [-0.2, -0.15) is 0 Å². The summed E-state index contributed by atoms with van der Waals surface area (Å²) in [5.74, 6) is -0.913. The highest BCUT2D eigenvalue weighted by atomic mass is 16.4. The molecule has 0 saturated heterocycles. The van der Waals surface area contributed by atoms with Gasteiger partial charge in [-0.05, 0) is 23.3 Å². The average Bonchev–Trinajstić information content (AvgIpc) is 3.01. The number of rotatable bonds is 6. The minimum atomic E-state index is -0.940. The lowest BCUT2D eigenvalue weighted by molar-refractivity contribution is -0.137. The fourth-order valence-electron chi connectivity index (χ4n) is 2.65. The Bertz CT molecular complexity index is 999. The number of imidazole rings is 1. The van der Waals surface area contributed by atoms with Crippen LogP contribution in [-0.4, -0.2) is 26.0 Å². The molecule has 0 unspecified atom stereocenters. The quantitative estimate of drug-likeness (QED) is 0.466. The Morgan fingerprint density at radius 2 is 1.58 bits per heavy atom. The topological polar surface area (TPSA) is 114 Å². The molecule has 3 aromatic rings. The predicted molar refractivity (Wildman–Crippen MR) is 98.7 cm³/mol. The van der Waals surface area contributed by atoms with Crippen molar-refractivity contribution in [2.75, 3.05) is 0 Å². The zero-order valence-corrected chi connectivity index (χ0v) is 13.9. The molecular weight excluding hydrogens is 332 g/mol. The van der Waals surface area contributed by atoms with Crippen LogP contribution in [0.2, 0.25) is 0 Å². The number of nitrogens with two attached hydrogens (primary N) is 1. The molecule has 0 amide bonds. The van der Waals surface area contributed by atoms with Gasteiger partial charge in [0.05, 0.1) is 12.1 Å². The van der Waals surface area contributed by atoms with E-state index in [1.807, 2.05) is 36.4 Å². The van der Waals surface area contributed by atoms with E-state index in [-0.39, 0.29) is 24.5 Å². The fourth-order valence-corrected chi connectivity index (χ4v) is 2.65. The number of aromatic nitrogens is 2. The van der Waals surface area contributed by atoms with E-state index in [9.17, 15) is 9.59 Å². The molecule has 1 aromatic heterocycles. The van der Waals surface area contributed by atoms with Crippen molar-refractivity contribution >= 4 is 11.8 Å². The molecule has 1 heterocycles. The van der Waals surface area contributed by atoms with E-state index >= 15 is 0 Å². The van der Waals surface area contributed by atoms with Crippen LogP contribution in [0.4, 0.5) is 0 Å². The maximum Gasteiger partial charge on any atom is 0.332 e. The molecule has 132 valence electrons. The molecule has 7 heteroatoms. The lowest BCUT2D eigenvalue weighted by Gasteiger charge is -2.06. The Kier molecular flexibility index (Phi) is 4.70. The third-order valence-electron chi connectivity index (χ3n) is 4.09. The van der Waals surface area contributed by atoms with Gasteiger partial charge in [-0.3, -0.25) is 19.3 Å². The van der Waals surface area contributed by atoms with Crippen LogP contribution in [0.3, 0.4) is 0 Å². The van der Waals surface area contributed by atoms with Gasteiger partial charge in [0.1, 0.15) is 5.84 Å². The average molecular weight is 350 g/mol. The third-order valence-corrected chi connectivity index (χ3v) is 4.09. The molecule has 0 atom stereocenters. The van der Waals surface area contributed by atoms with Gasteiger partial charge in [-0.25, -0.2) is 4.79 Å². The molecule has 0 aliphatic heterocycles. The molecule has 0 aliphatic carbocycles. The summed E-state index contributed by atoms with van der Waals surface area (Å²) in [4.78, 5) is 23.0. The van der Waals surface area contributed by atoms with Gasteiger partial charge in [0.15, 0.2) is 0 Å². The van der Waals surface area contributed by atoms with Crippen LogP contribution in [0.15, 0.2) is 65.7 Å². The summed E-state index contributed by atoms with van der Waals surface area (Å²) < 4.78 is 2.85. The summed E-state index contributed by atoms with van der Waals surface area (Å²) in [6, 6.07) is 14.8.